The Morgan fingerprint density at radius 2 is 2.45 bits per heavy atom. The molecule has 108 valence electrons. The van der Waals surface area contributed by atoms with Gasteiger partial charge in [0.2, 0.25) is 0 Å². The number of rotatable bonds is 6. The lowest BCUT2D eigenvalue weighted by Crippen LogP contribution is -2.37. The summed E-state index contributed by atoms with van der Waals surface area (Å²) in [7, 11) is 0. The Morgan fingerprint density at radius 1 is 1.75 bits per heavy atom. The van der Waals surface area contributed by atoms with Crippen molar-refractivity contribution in [3.8, 4) is 6.07 Å². The van der Waals surface area contributed by atoms with E-state index in [1.165, 1.54) is 4.90 Å². The molecule has 1 rings (SSSR count). The van der Waals surface area contributed by atoms with Crippen LogP contribution in [0.15, 0.2) is 18.9 Å². The van der Waals surface area contributed by atoms with Crippen molar-refractivity contribution in [1.82, 2.24) is 14.7 Å². The first-order valence-electron chi connectivity index (χ1n) is 6.30. The second kappa shape index (κ2) is 7.31. The highest BCUT2D eigenvalue weighted by Gasteiger charge is 2.17. The Bertz CT molecular complexity index is 515. The first-order chi connectivity index (χ1) is 9.53. The normalized spacial score (nSPS) is 10.2. The van der Waals surface area contributed by atoms with Gasteiger partial charge in [-0.3, -0.25) is 10.00 Å². The average Bonchev–Trinajstić information content (AvgIpc) is 2.81. The van der Waals surface area contributed by atoms with Crippen LogP contribution in [0.25, 0.3) is 0 Å². The van der Waals surface area contributed by atoms with E-state index in [9.17, 15) is 4.79 Å². The fourth-order valence-corrected chi connectivity index (χ4v) is 1.56. The summed E-state index contributed by atoms with van der Waals surface area (Å²) in [5.41, 5.74) is 0.301. The van der Waals surface area contributed by atoms with Gasteiger partial charge in [-0.15, -0.1) is 6.58 Å². The number of carbonyl (C=O) groups is 1. The van der Waals surface area contributed by atoms with Gasteiger partial charge >= 0.3 is 6.03 Å². The zero-order valence-corrected chi connectivity index (χ0v) is 11.7. The van der Waals surface area contributed by atoms with Crippen molar-refractivity contribution < 1.29 is 9.90 Å². The summed E-state index contributed by atoms with van der Waals surface area (Å²) in [5.74, 6) is 0.221. The Morgan fingerprint density at radius 3 is 2.95 bits per heavy atom. The lowest BCUT2D eigenvalue weighted by Gasteiger charge is -2.19. The van der Waals surface area contributed by atoms with Crippen LogP contribution in [-0.2, 0) is 0 Å². The summed E-state index contributed by atoms with van der Waals surface area (Å²) < 4.78 is 1.61. The molecule has 1 aromatic heterocycles. The number of anilines is 1. The van der Waals surface area contributed by atoms with E-state index >= 15 is 0 Å². The summed E-state index contributed by atoms with van der Waals surface area (Å²) in [5, 5.41) is 24.7. The molecule has 2 amide bonds. The van der Waals surface area contributed by atoms with Gasteiger partial charge in [0, 0.05) is 25.3 Å². The van der Waals surface area contributed by atoms with Crippen molar-refractivity contribution in [1.29, 1.82) is 5.26 Å². The fourth-order valence-electron chi connectivity index (χ4n) is 1.56. The number of carbonyl (C=O) groups excluding carboxylic acids is 1. The van der Waals surface area contributed by atoms with Gasteiger partial charge in [-0.1, -0.05) is 6.08 Å². The van der Waals surface area contributed by atoms with E-state index < -0.39 is 6.03 Å². The predicted molar refractivity (Wildman–Crippen MR) is 75.2 cm³/mol. The van der Waals surface area contributed by atoms with E-state index in [4.69, 9.17) is 10.4 Å². The van der Waals surface area contributed by atoms with Crippen LogP contribution in [0.3, 0.4) is 0 Å². The maximum atomic E-state index is 12.0. The molecule has 1 heterocycles. The third-order valence-corrected chi connectivity index (χ3v) is 2.61. The van der Waals surface area contributed by atoms with E-state index in [0.717, 1.165) is 0 Å². The van der Waals surface area contributed by atoms with Crippen LogP contribution in [-0.4, -0.2) is 45.5 Å². The molecular formula is C13H19N5O2. The molecule has 0 fully saturated rings. The van der Waals surface area contributed by atoms with Crippen LogP contribution in [0.2, 0.25) is 0 Å². The Kier molecular flexibility index (Phi) is 5.74. The van der Waals surface area contributed by atoms with Crippen molar-refractivity contribution in [2.24, 2.45) is 0 Å². The molecule has 0 spiro atoms. The van der Waals surface area contributed by atoms with E-state index in [1.54, 1.807) is 17.0 Å². The van der Waals surface area contributed by atoms with E-state index in [0.29, 0.717) is 12.1 Å². The summed E-state index contributed by atoms with van der Waals surface area (Å²) in [6.45, 7) is 7.75. The number of aromatic nitrogens is 2. The minimum atomic E-state index is -0.426. The minimum Gasteiger partial charge on any atom is -0.395 e. The van der Waals surface area contributed by atoms with Gasteiger partial charge in [0.1, 0.15) is 11.6 Å². The molecule has 2 N–H and O–H groups in total. The third-order valence-electron chi connectivity index (χ3n) is 2.61. The molecule has 7 heteroatoms. The number of nitriles is 1. The number of hydrogen-bond donors (Lipinski definition) is 2. The number of hydrogen-bond acceptors (Lipinski definition) is 4. The zero-order chi connectivity index (χ0) is 15.1. The second-order valence-corrected chi connectivity index (χ2v) is 4.47. The number of amides is 2. The molecule has 0 aliphatic heterocycles. The fraction of sp³-hybridized carbons (Fsp3) is 0.462. The topological polar surface area (TPSA) is 94.2 Å². The molecule has 0 unspecified atom stereocenters. The van der Waals surface area contributed by atoms with Crippen molar-refractivity contribution >= 4 is 11.8 Å². The molecule has 0 aliphatic carbocycles. The molecule has 0 saturated heterocycles. The molecule has 0 aromatic carbocycles. The maximum absolute atomic E-state index is 12.0. The van der Waals surface area contributed by atoms with Gasteiger partial charge in [0.05, 0.1) is 6.61 Å². The van der Waals surface area contributed by atoms with Gasteiger partial charge in [0.25, 0.3) is 0 Å². The second-order valence-electron chi connectivity index (χ2n) is 4.47. The minimum absolute atomic E-state index is 0.0921. The average molecular weight is 277 g/mol. The molecular weight excluding hydrogens is 258 g/mol. The molecule has 0 saturated carbocycles. The highest BCUT2D eigenvalue weighted by molar-refractivity contribution is 5.89. The Balaban J connectivity index is 2.88. The van der Waals surface area contributed by atoms with Gasteiger partial charge in [-0.25, -0.2) is 4.79 Å². The Hall–Kier alpha value is -2.33. The first-order valence-corrected chi connectivity index (χ1v) is 6.30. The van der Waals surface area contributed by atoms with Gasteiger partial charge in [0.15, 0.2) is 5.82 Å². The molecule has 1 aromatic rings. The van der Waals surface area contributed by atoms with Gasteiger partial charge in [-0.2, -0.15) is 10.4 Å². The van der Waals surface area contributed by atoms with Crippen molar-refractivity contribution in [3.63, 3.8) is 0 Å². The smallest absolute Gasteiger partial charge is 0.323 e. The molecule has 0 radical (unpaired) electrons. The highest BCUT2D eigenvalue weighted by atomic mass is 16.3. The summed E-state index contributed by atoms with van der Waals surface area (Å²) in [6, 6.07) is 1.66. The standard InChI is InChI=1S/C13H19N5O2/c1-4-5-17(6-7-19)13(20)15-12-11(8-14)9-18(16-12)10(2)3/h4,9-10,19H,1,5-7H2,2-3H3,(H,15,16,20). The monoisotopic (exact) mass is 277 g/mol. The van der Waals surface area contributed by atoms with Crippen LogP contribution < -0.4 is 5.32 Å². The number of nitrogens with zero attached hydrogens (tertiary/aromatic N) is 4. The maximum Gasteiger partial charge on any atom is 0.323 e. The van der Waals surface area contributed by atoms with Crippen molar-refractivity contribution in [2.45, 2.75) is 19.9 Å². The zero-order valence-electron chi connectivity index (χ0n) is 11.7. The Labute approximate surface area is 118 Å². The number of aliphatic hydroxyl groups is 1. The molecule has 7 nitrogen and oxygen atoms in total. The number of nitrogens with one attached hydrogen (secondary N) is 1. The first kappa shape index (κ1) is 15.7. The third kappa shape index (κ3) is 3.83. The van der Waals surface area contributed by atoms with Crippen LogP contribution >= 0.6 is 0 Å². The lowest BCUT2D eigenvalue weighted by molar-refractivity contribution is 0.195. The number of aliphatic hydroxyl groups excluding tert-OH is 1. The molecule has 0 bridgehead atoms. The van der Waals surface area contributed by atoms with Crippen LogP contribution in [0, 0.1) is 11.3 Å². The molecule has 0 atom stereocenters. The molecule has 0 aliphatic rings. The van der Waals surface area contributed by atoms with Gasteiger partial charge < -0.3 is 10.0 Å². The van der Waals surface area contributed by atoms with E-state index in [2.05, 4.69) is 17.0 Å². The van der Waals surface area contributed by atoms with Crippen LogP contribution in [0.4, 0.5) is 10.6 Å². The highest BCUT2D eigenvalue weighted by Crippen LogP contribution is 2.15. The van der Waals surface area contributed by atoms with Crippen molar-refractivity contribution in [2.75, 3.05) is 25.0 Å². The SMILES string of the molecule is C=CCN(CCO)C(=O)Nc1nn(C(C)C)cc1C#N. The van der Waals surface area contributed by atoms with E-state index in [-0.39, 0.29) is 25.0 Å². The summed E-state index contributed by atoms with van der Waals surface area (Å²) >= 11 is 0. The predicted octanol–water partition coefficient (Wildman–Crippen LogP) is 1.35. The number of urea groups is 1. The quantitative estimate of drug-likeness (QED) is 0.767. The van der Waals surface area contributed by atoms with Crippen LogP contribution in [0.1, 0.15) is 25.5 Å². The largest absolute Gasteiger partial charge is 0.395 e. The summed E-state index contributed by atoms with van der Waals surface area (Å²) in [4.78, 5) is 13.4. The van der Waals surface area contributed by atoms with Crippen molar-refractivity contribution in [3.05, 3.63) is 24.4 Å². The lowest BCUT2D eigenvalue weighted by atomic mass is 10.3. The molecule has 20 heavy (non-hydrogen) atoms. The van der Waals surface area contributed by atoms with Gasteiger partial charge in [-0.05, 0) is 13.8 Å². The van der Waals surface area contributed by atoms with Crippen LogP contribution in [0.5, 0.6) is 0 Å². The summed E-state index contributed by atoms with van der Waals surface area (Å²) in [6.07, 6.45) is 3.15. The van der Waals surface area contributed by atoms with E-state index in [1.807, 2.05) is 19.9 Å².